The van der Waals surface area contributed by atoms with Gasteiger partial charge in [0.15, 0.2) is 0 Å². The summed E-state index contributed by atoms with van der Waals surface area (Å²) in [7, 11) is 0. The van der Waals surface area contributed by atoms with Crippen LogP contribution in [-0.2, 0) is 33.9 Å². The molecule has 0 saturated heterocycles. The first-order valence-corrected chi connectivity index (χ1v) is 17.3. The molecule has 5 nitrogen and oxygen atoms in total. The Morgan fingerprint density at radius 3 is 2.34 bits per heavy atom. The molecule has 50 heavy (non-hydrogen) atoms. The van der Waals surface area contributed by atoms with Crippen LogP contribution in [0.25, 0.3) is 44.4 Å². The molecule has 0 amide bonds. The minimum absolute atomic E-state index is 0. The predicted molar refractivity (Wildman–Crippen MR) is 201 cm³/mol. The van der Waals surface area contributed by atoms with Crippen LogP contribution in [0.3, 0.4) is 0 Å². The fourth-order valence-electron chi connectivity index (χ4n) is 6.76. The molecule has 0 radical (unpaired) electrons. The molecule has 0 bridgehead atoms. The summed E-state index contributed by atoms with van der Waals surface area (Å²) >= 11 is 0. The summed E-state index contributed by atoms with van der Waals surface area (Å²) in [5, 5.41) is 7.22. The Kier molecular flexibility index (Phi) is 10.2. The summed E-state index contributed by atoms with van der Waals surface area (Å²) in [4.78, 5) is 4.86. The van der Waals surface area contributed by atoms with E-state index in [-0.39, 0.29) is 26.5 Å². The van der Waals surface area contributed by atoms with Crippen LogP contribution in [0.5, 0.6) is 11.5 Å². The number of aryl methyl sites for hydroxylation is 2. The average molecular weight is 840 g/mol. The van der Waals surface area contributed by atoms with E-state index in [1.165, 1.54) is 16.5 Å². The number of aromatic nitrogens is 4. The van der Waals surface area contributed by atoms with Crippen molar-refractivity contribution in [2.75, 3.05) is 0 Å². The zero-order chi connectivity index (χ0) is 34.3. The van der Waals surface area contributed by atoms with E-state index in [0.717, 1.165) is 69.7 Å². The number of rotatable bonds is 9. The van der Waals surface area contributed by atoms with E-state index in [9.17, 15) is 0 Å². The van der Waals surface area contributed by atoms with Crippen molar-refractivity contribution in [1.29, 1.82) is 0 Å². The van der Waals surface area contributed by atoms with Gasteiger partial charge in [0.2, 0.25) is 0 Å². The zero-order valence-corrected chi connectivity index (χ0v) is 32.2. The number of nitrogens with zero attached hydrogens (tertiary/aromatic N) is 4. The van der Waals surface area contributed by atoms with Crippen LogP contribution in [0.4, 0.5) is 0 Å². The van der Waals surface area contributed by atoms with E-state index < -0.39 is 0 Å². The van der Waals surface area contributed by atoms with Crippen molar-refractivity contribution in [2.45, 2.75) is 67.7 Å². The number of ether oxygens (including phenoxy) is 1. The first-order valence-electron chi connectivity index (χ1n) is 17.3. The molecule has 7 aromatic rings. The SMILES string of the molecule is Cc1nn(-c2[c-]c(Oc3[c-]c4c(cc3)c3cc(CCC(C)(C)C)ccc3n4-c3cc(CC(C)C)ccn3)ccc2)c(C)c1-c1ccccc1.[Pt+2]. The van der Waals surface area contributed by atoms with Crippen LogP contribution in [0.1, 0.15) is 63.6 Å². The summed E-state index contributed by atoms with van der Waals surface area (Å²) in [6.07, 6.45) is 5.08. The quantitative estimate of drug-likeness (QED) is 0.136. The molecule has 0 aliphatic rings. The molecule has 7 rings (SSSR count). The molecule has 4 aromatic carbocycles. The van der Waals surface area contributed by atoms with Gasteiger partial charge in [-0.15, -0.1) is 35.7 Å². The van der Waals surface area contributed by atoms with E-state index in [1.807, 2.05) is 41.2 Å². The second-order valence-corrected chi connectivity index (χ2v) is 14.8. The third-order valence-electron chi connectivity index (χ3n) is 9.12. The minimum atomic E-state index is 0. The van der Waals surface area contributed by atoms with Crippen molar-refractivity contribution in [3.05, 3.63) is 132 Å². The Balaban J connectivity index is 0.00000432. The Labute approximate surface area is 310 Å². The second kappa shape index (κ2) is 14.4. The van der Waals surface area contributed by atoms with Crippen molar-refractivity contribution in [2.24, 2.45) is 11.3 Å². The summed E-state index contributed by atoms with van der Waals surface area (Å²) in [6.45, 7) is 15.6. The molecule has 6 heteroatoms. The molecular formula is C44H44N4OPt. The molecule has 0 N–H and O–H groups in total. The third kappa shape index (κ3) is 7.35. The molecule has 0 spiro atoms. The van der Waals surface area contributed by atoms with Gasteiger partial charge in [-0.05, 0) is 90.4 Å². The Hall–Kier alpha value is -4.47. The first kappa shape index (κ1) is 35.4. The number of pyridine rings is 1. The van der Waals surface area contributed by atoms with Crippen LogP contribution in [-0.4, -0.2) is 19.3 Å². The molecule has 0 fully saturated rings. The standard InChI is InChI=1S/C44H44N4O.Pt/c1-29(2)24-33-21-23-45-42(26-33)47-40-19-16-32(20-22-44(5,6)7)25-39(40)38-18-17-37(28-41(38)47)49-36-15-11-14-35(27-36)48-31(4)43(30(3)46-48)34-12-9-8-10-13-34;/h8-19,21,23,25-26,29H,20,22,24H2,1-7H3;/q-2;+2. The van der Waals surface area contributed by atoms with Gasteiger partial charge in [0.25, 0.3) is 0 Å². The van der Waals surface area contributed by atoms with Crippen LogP contribution in [0.15, 0.2) is 97.2 Å². The molecule has 256 valence electrons. The van der Waals surface area contributed by atoms with Crippen molar-refractivity contribution < 1.29 is 25.8 Å². The van der Waals surface area contributed by atoms with E-state index in [2.05, 4.69) is 126 Å². The number of hydrogen-bond acceptors (Lipinski definition) is 3. The van der Waals surface area contributed by atoms with E-state index in [4.69, 9.17) is 14.8 Å². The Morgan fingerprint density at radius 1 is 0.800 bits per heavy atom. The zero-order valence-electron chi connectivity index (χ0n) is 29.9. The van der Waals surface area contributed by atoms with Gasteiger partial charge >= 0.3 is 21.1 Å². The maximum absolute atomic E-state index is 6.49. The van der Waals surface area contributed by atoms with E-state index >= 15 is 0 Å². The van der Waals surface area contributed by atoms with Gasteiger partial charge in [-0.2, -0.15) is 17.2 Å². The van der Waals surface area contributed by atoms with Crippen LogP contribution in [0, 0.1) is 37.3 Å². The van der Waals surface area contributed by atoms with Crippen LogP contribution >= 0.6 is 0 Å². The maximum atomic E-state index is 6.49. The average Bonchev–Trinajstić information content (AvgIpc) is 3.56. The largest absolute Gasteiger partial charge is 2.00 e. The van der Waals surface area contributed by atoms with Crippen molar-refractivity contribution in [1.82, 2.24) is 19.3 Å². The maximum Gasteiger partial charge on any atom is 2.00 e. The fourth-order valence-corrected chi connectivity index (χ4v) is 6.76. The fraction of sp³-hybridized carbons (Fsp3) is 0.273. The molecule has 3 aromatic heterocycles. The van der Waals surface area contributed by atoms with E-state index in [0.29, 0.717) is 17.4 Å². The molecule has 3 heterocycles. The summed E-state index contributed by atoms with van der Waals surface area (Å²) in [6, 6.07) is 38.8. The molecular weight excluding hydrogens is 796 g/mol. The molecule has 0 aliphatic heterocycles. The normalized spacial score (nSPS) is 11.8. The van der Waals surface area contributed by atoms with Crippen molar-refractivity contribution >= 4 is 21.8 Å². The topological polar surface area (TPSA) is 44.9 Å². The third-order valence-corrected chi connectivity index (χ3v) is 9.12. The van der Waals surface area contributed by atoms with Crippen LogP contribution in [0.2, 0.25) is 0 Å². The molecule has 0 unspecified atom stereocenters. The molecule has 0 saturated carbocycles. The summed E-state index contributed by atoms with van der Waals surface area (Å²) < 4.78 is 10.7. The van der Waals surface area contributed by atoms with Gasteiger partial charge in [-0.3, -0.25) is 4.68 Å². The first-order chi connectivity index (χ1) is 23.5. The number of fused-ring (bicyclic) bond motifs is 3. The van der Waals surface area contributed by atoms with Gasteiger partial charge in [0, 0.05) is 34.5 Å². The number of hydrogen-bond donors (Lipinski definition) is 0. The predicted octanol–water partition coefficient (Wildman–Crippen LogP) is 11.2. The second-order valence-electron chi connectivity index (χ2n) is 14.8. The monoisotopic (exact) mass is 839 g/mol. The van der Waals surface area contributed by atoms with Crippen LogP contribution < -0.4 is 4.74 Å². The molecule has 0 aliphatic carbocycles. The molecule has 0 atom stereocenters. The smallest absolute Gasteiger partial charge is 0.509 e. The van der Waals surface area contributed by atoms with Gasteiger partial charge in [-0.25, -0.2) is 4.98 Å². The van der Waals surface area contributed by atoms with Crippen molar-refractivity contribution in [3.63, 3.8) is 0 Å². The summed E-state index contributed by atoms with van der Waals surface area (Å²) in [5.41, 5.74) is 10.1. The Bertz CT molecular complexity index is 2270. The van der Waals surface area contributed by atoms with E-state index in [1.54, 1.807) is 0 Å². The summed E-state index contributed by atoms with van der Waals surface area (Å²) in [5.74, 6) is 2.67. The van der Waals surface area contributed by atoms with Gasteiger partial charge in [0.05, 0.1) is 5.69 Å². The minimum Gasteiger partial charge on any atom is -0.509 e. The Morgan fingerprint density at radius 2 is 1.58 bits per heavy atom. The van der Waals surface area contributed by atoms with Crippen molar-refractivity contribution in [3.8, 4) is 34.1 Å². The number of benzene rings is 4. The van der Waals surface area contributed by atoms with Gasteiger partial charge < -0.3 is 9.30 Å². The van der Waals surface area contributed by atoms with Gasteiger partial charge in [-0.1, -0.05) is 82.6 Å². The van der Waals surface area contributed by atoms with Gasteiger partial charge in [0.1, 0.15) is 5.82 Å².